The maximum absolute atomic E-state index is 8.48. The van der Waals surface area contributed by atoms with Crippen molar-refractivity contribution >= 4 is 8.60 Å². The summed E-state index contributed by atoms with van der Waals surface area (Å²) in [6, 6.07) is 0. The SMILES string of the molecule is [Nb+3].[O-]P([O-])[O-]. The molecule has 28 valence electrons. The van der Waals surface area contributed by atoms with Crippen LogP contribution in [0.25, 0.3) is 0 Å². The first-order valence-corrected chi connectivity index (χ1v) is 1.64. The third-order valence-electron chi connectivity index (χ3n) is 0. The van der Waals surface area contributed by atoms with Gasteiger partial charge in [-0.3, -0.25) is 0 Å². The molecule has 0 amide bonds. The van der Waals surface area contributed by atoms with Crippen LogP contribution in [0.5, 0.6) is 0 Å². The smallest absolute Gasteiger partial charge is 0.854 e. The summed E-state index contributed by atoms with van der Waals surface area (Å²) in [6.45, 7) is 0. The normalized spacial score (nSPS) is 7.20. The molecule has 0 bridgehead atoms. The molecule has 5 heavy (non-hydrogen) atoms. The van der Waals surface area contributed by atoms with E-state index in [4.69, 9.17) is 14.7 Å². The zero-order chi connectivity index (χ0) is 3.58. The van der Waals surface area contributed by atoms with Crippen LogP contribution in [0.2, 0.25) is 0 Å². The van der Waals surface area contributed by atoms with E-state index in [1.54, 1.807) is 0 Å². The van der Waals surface area contributed by atoms with Gasteiger partial charge in [0.25, 0.3) is 0 Å². The first kappa shape index (κ1) is 9.41. The molecule has 0 aliphatic carbocycles. The third-order valence-corrected chi connectivity index (χ3v) is 0. The summed E-state index contributed by atoms with van der Waals surface area (Å²) in [5.74, 6) is 0. The van der Waals surface area contributed by atoms with Crippen molar-refractivity contribution < 1.29 is 37.1 Å². The number of hydrogen-bond donors (Lipinski definition) is 0. The summed E-state index contributed by atoms with van der Waals surface area (Å²) in [6.07, 6.45) is 0. The Kier molecular flexibility index (Phi) is 9.50. The van der Waals surface area contributed by atoms with Gasteiger partial charge in [0.05, 0.1) is 0 Å². The van der Waals surface area contributed by atoms with Crippen LogP contribution in [0.1, 0.15) is 0 Å². The summed E-state index contributed by atoms with van der Waals surface area (Å²) in [5.41, 5.74) is 0. The number of rotatable bonds is 0. The topological polar surface area (TPSA) is 69.2 Å². The maximum atomic E-state index is 8.48. The average Bonchev–Trinajstić information content (AvgIpc) is 0.811. The molecule has 0 saturated heterocycles. The van der Waals surface area contributed by atoms with Gasteiger partial charge in [0.1, 0.15) is 0 Å². The van der Waals surface area contributed by atoms with Crippen molar-refractivity contribution in [3.05, 3.63) is 0 Å². The Morgan fingerprint density at radius 2 is 1.00 bits per heavy atom. The minimum absolute atomic E-state index is 0. The molecule has 0 spiro atoms. The molecule has 0 aliphatic heterocycles. The Hall–Kier alpha value is 1.05. The van der Waals surface area contributed by atoms with Crippen LogP contribution in [-0.4, -0.2) is 0 Å². The molecule has 0 fully saturated rings. The van der Waals surface area contributed by atoms with Gasteiger partial charge in [-0.15, -0.1) is 0 Å². The second kappa shape index (κ2) is 5.05. The van der Waals surface area contributed by atoms with Crippen molar-refractivity contribution in [2.45, 2.75) is 0 Å². The predicted molar refractivity (Wildman–Crippen MR) is 6.92 cm³/mol. The molecule has 0 aliphatic rings. The zero-order valence-corrected chi connectivity index (χ0v) is 5.21. The average molecular weight is 172 g/mol. The molecule has 0 heterocycles. The quantitative estimate of drug-likeness (QED) is 0.294. The summed E-state index contributed by atoms with van der Waals surface area (Å²) in [5, 5.41) is 0. The molecule has 0 rings (SSSR count). The molecule has 0 radical (unpaired) electrons. The molecule has 3 nitrogen and oxygen atoms in total. The molecular formula is NbO3P. The van der Waals surface area contributed by atoms with E-state index in [-0.39, 0.29) is 22.4 Å². The van der Waals surface area contributed by atoms with Gasteiger partial charge in [-0.1, -0.05) is 0 Å². The van der Waals surface area contributed by atoms with Crippen LogP contribution < -0.4 is 14.7 Å². The predicted octanol–water partition coefficient (Wildman–Crippen LogP) is -2.71. The molecule has 0 aromatic rings. The van der Waals surface area contributed by atoms with Gasteiger partial charge in [0.15, 0.2) is 0 Å². The van der Waals surface area contributed by atoms with E-state index >= 15 is 0 Å². The summed E-state index contributed by atoms with van der Waals surface area (Å²) < 4.78 is 0. The molecule has 0 atom stereocenters. The zero-order valence-electron chi connectivity index (χ0n) is 2.12. The Bertz CT molecular complexity index is 11.6. The standard InChI is InChI=1S/Nb.O3P/c;1-4(2)3/q+3;-3. The van der Waals surface area contributed by atoms with Gasteiger partial charge >= 0.3 is 22.4 Å². The summed E-state index contributed by atoms with van der Waals surface area (Å²) in [4.78, 5) is 25.4. The molecule has 0 N–H and O–H groups in total. The molecule has 0 unspecified atom stereocenters. The summed E-state index contributed by atoms with van der Waals surface area (Å²) in [7, 11) is -3.37. The monoisotopic (exact) mass is 172 g/mol. The maximum Gasteiger partial charge on any atom is 3.00 e. The van der Waals surface area contributed by atoms with Crippen LogP contribution in [-0.2, 0) is 22.4 Å². The largest absolute Gasteiger partial charge is 3.00 e. The molecule has 0 saturated carbocycles. The van der Waals surface area contributed by atoms with E-state index in [2.05, 4.69) is 0 Å². The second-order valence-electron chi connectivity index (χ2n) is 0.224. The van der Waals surface area contributed by atoms with Crippen molar-refractivity contribution in [2.75, 3.05) is 0 Å². The van der Waals surface area contributed by atoms with Gasteiger partial charge in [0, 0.05) is 0 Å². The van der Waals surface area contributed by atoms with Gasteiger partial charge in [-0.05, 0) is 0 Å². The van der Waals surface area contributed by atoms with E-state index in [9.17, 15) is 0 Å². The van der Waals surface area contributed by atoms with Crippen molar-refractivity contribution in [1.29, 1.82) is 0 Å². The van der Waals surface area contributed by atoms with Gasteiger partial charge < -0.3 is 23.3 Å². The minimum atomic E-state index is -3.37. The van der Waals surface area contributed by atoms with Crippen molar-refractivity contribution in [1.82, 2.24) is 0 Å². The second-order valence-corrected chi connectivity index (χ2v) is 0.671. The Balaban J connectivity index is 0. The van der Waals surface area contributed by atoms with Crippen molar-refractivity contribution in [3.63, 3.8) is 0 Å². The van der Waals surface area contributed by atoms with E-state index in [0.717, 1.165) is 0 Å². The fraction of sp³-hybridized carbons (Fsp3) is 0. The van der Waals surface area contributed by atoms with Crippen LogP contribution in [0, 0.1) is 0 Å². The number of hydrogen-bond acceptors (Lipinski definition) is 3. The van der Waals surface area contributed by atoms with Gasteiger partial charge in [-0.2, -0.15) is 0 Å². The van der Waals surface area contributed by atoms with Crippen LogP contribution in [0.4, 0.5) is 0 Å². The van der Waals surface area contributed by atoms with Gasteiger partial charge in [-0.25, -0.2) is 0 Å². The van der Waals surface area contributed by atoms with Crippen LogP contribution in [0.15, 0.2) is 0 Å². The fourth-order valence-corrected chi connectivity index (χ4v) is 0. The molecular weight excluding hydrogens is 172 g/mol. The first-order valence-electron chi connectivity index (χ1n) is 0.548. The van der Waals surface area contributed by atoms with E-state index in [1.165, 1.54) is 0 Å². The van der Waals surface area contributed by atoms with Crippen molar-refractivity contribution in [3.8, 4) is 0 Å². The van der Waals surface area contributed by atoms with Crippen LogP contribution >= 0.6 is 8.60 Å². The molecule has 0 aromatic carbocycles. The van der Waals surface area contributed by atoms with Gasteiger partial charge in [0.2, 0.25) is 0 Å². The minimum Gasteiger partial charge on any atom is -0.854 e. The summed E-state index contributed by atoms with van der Waals surface area (Å²) >= 11 is 0. The third kappa shape index (κ3) is 42.6. The molecule has 5 heteroatoms. The molecule has 0 aromatic heterocycles. The Morgan fingerprint density at radius 1 is 1.00 bits per heavy atom. The van der Waals surface area contributed by atoms with Crippen LogP contribution in [0.3, 0.4) is 0 Å². The Labute approximate surface area is 46.2 Å². The van der Waals surface area contributed by atoms with E-state index in [0.29, 0.717) is 0 Å². The fourth-order valence-electron chi connectivity index (χ4n) is 0. The van der Waals surface area contributed by atoms with E-state index in [1.807, 2.05) is 0 Å². The van der Waals surface area contributed by atoms with E-state index < -0.39 is 8.60 Å². The van der Waals surface area contributed by atoms with Crippen molar-refractivity contribution in [2.24, 2.45) is 0 Å². The first-order chi connectivity index (χ1) is 1.73. The Morgan fingerprint density at radius 3 is 1.00 bits per heavy atom.